The van der Waals surface area contributed by atoms with Crippen LogP contribution < -0.4 is 10.2 Å². The molecule has 3 aliphatic heterocycles. The maximum atomic E-state index is 13.8. The summed E-state index contributed by atoms with van der Waals surface area (Å²) in [6.45, 7) is 7.58. The standard InChI is InChI=1S/C27H38N4O5.CH4.3H2S/c1-3-29-12-14-30(15-13-29)20-10-8-19(9-11-20)26(33)28-23(18-6-4-5-7-18)27(34)31-16-22(35-2)25-24(31)21(32)17-36-25;;;;/h8-11,18,22-25H,3-7,12-17H2,1-2H3,(H,28,33);1H4;3*1H2/t22-,23+,24-,25-;;;;/m1..../s1. The number of methoxy groups -OCH3 is 1. The molecule has 1 N–H and O–H groups in total. The number of nitrogens with zero attached hydrogens (tertiary/aromatic N) is 3. The number of piperazine rings is 1. The monoisotopic (exact) mass is 616 g/mol. The van der Waals surface area contributed by atoms with Crippen LogP contribution in [-0.4, -0.2) is 105 Å². The van der Waals surface area contributed by atoms with Gasteiger partial charge in [-0.3, -0.25) is 14.4 Å². The molecule has 1 aromatic rings. The van der Waals surface area contributed by atoms with Crippen molar-refractivity contribution in [2.45, 2.75) is 64.3 Å². The van der Waals surface area contributed by atoms with Crippen LogP contribution in [0, 0.1) is 5.92 Å². The van der Waals surface area contributed by atoms with Gasteiger partial charge >= 0.3 is 0 Å². The fourth-order valence-electron chi connectivity index (χ4n) is 6.27. The van der Waals surface area contributed by atoms with E-state index in [2.05, 4.69) is 22.0 Å². The number of nitrogens with one attached hydrogen (secondary N) is 1. The van der Waals surface area contributed by atoms with Gasteiger partial charge in [-0.2, -0.15) is 40.5 Å². The molecule has 40 heavy (non-hydrogen) atoms. The molecule has 1 aromatic carbocycles. The Morgan fingerprint density at radius 3 is 2.25 bits per heavy atom. The van der Waals surface area contributed by atoms with Gasteiger partial charge in [0.15, 0.2) is 5.78 Å². The molecule has 2 amide bonds. The molecule has 4 atom stereocenters. The lowest BCUT2D eigenvalue weighted by atomic mass is 9.95. The normalized spacial score (nSPS) is 25.1. The number of hydrogen-bond acceptors (Lipinski definition) is 7. The molecule has 12 heteroatoms. The third kappa shape index (κ3) is 7.49. The highest BCUT2D eigenvalue weighted by Gasteiger charge is 2.54. The molecule has 1 saturated carbocycles. The minimum absolute atomic E-state index is 0. The van der Waals surface area contributed by atoms with E-state index in [4.69, 9.17) is 9.47 Å². The average molecular weight is 617 g/mol. The van der Waals surface area contributed by atoms with Gasteiger partial charge in [-0.25, -0.2) is 0 Å². The van der Waals surface area contributed by atoms with Crippen LogP contribution in [0.4, 0.5) is 5.69 Å². The second-order valence-corrected chi connectivity index (χ2v) is 10.4. The number of anilines is 1. The number of carbonyl (C=O) groups excluding carboxylic acids is 3. The van der Waals surface area contributed by atoms with Gasteiger partial charge in [0.1, 0.15) is 30.9 Å². The topological polar surface area (TPSA) is 91.4 Å². The van der Waals surface area contributed by atoms with E-state index in [1.165, 1.54) is 0 Å². The van der Waals surface area contributed by atoms with E-state index < -0.39 is 18.2 Å². The molecule has 228 valence electrons. The average Bonchev–Trinajstić information content (AvgIpc) is 3.66. The van der Waals surface area contributed by atoms with E-state index in [0.717, 1.165) is 64.1 Å². The molecule has 0 bridgehead atoms. The van der Waals surface area contributed by atoms with Crippen LogP contribution in [0.5, 0.6) is 0 Å². The summed E-state index contributed by atoms with van der Waals surface area (Å²) in [5.41, 5.74) is 1.65. The Morgan fingerprint density at radius 1 is 1.05 bits per heavy atom. The van der Waals surface area contributed by atoms with Crippen molar-refractivity contribution in [3.05, 3.63) is 29.8 Å². The van der Waals surface area contributed by atoms with E-state index in [1.54, 1.807) is 12.0 Å². The van der Waals surface area contributed by atoms with Crippen molar-refractivity contribution in [3.8, 4) is 0 Å². The maximum absolute atomic E-state index is 13.8. The third-order valence-corrected chi connectivity index (χ3v) is 8.46. The molecule has 5 rings (SSSR count). The van der Waals surface area contributed by atoms with Gasteiger partial charge in [0.05, 0.1) is 6.54 Å². The summed E-state index contributed by atoms with van der Waals surface area (Å²) < 4.78 is 11.2. The minimum Gasteiger partial charge on any atom is -0.377 e. The van der Waals surface area contributed by atoms with E-state index >= 15 is 0 Å². The molecule has 4 fully saturated rings. The van der Waals surface area contributed by atoms with E-state index in [9.17, 15) is 14.4 Å². The Hall–Kier alpha value is -1.44. The van der Waals surface area contributed by atoms with Gasteiger partial charge in [0, 0.05) is 44.5 Å². The molecule has 0 radical (unpaired) electrons. The molecule has 0 spiro atoms. The Balaban J connectivity index is 0.00000200. The van der Waals surface area contributed by atoms with Crippen LogP contribution in [0.25, 0.3) is 0 Å². The van der Waals surface area contributed by atoms with Crippen LogP contribution in [0.15, 0.2) is 24.3 Å². The zero-order valence-corrected chi connectivity index (χ0v) is 25.9. The highest BCUT2D eigenvalue weighted by Crippen LogP contribution is 2.33. The van der Waals surface area contributed by atoms with Crippen molar-refractivity contribution >= 4 is 63.8 Å². The van der Waals surface area contributed by atoms with Crippen LogP contribution in [0.1, 0.15) is 50.4 Å². The summed E-state index contributed by atoms with van der Waals surface area (Å²) in [5.74, 6) is -0.488. The Bertz CT molecular complexity index is 971. The number of fused-ring (bicyclic) bond motifs is 1. The summed E-state index contributed by atoms with van der Waals surface area (Å²) in [5, 5.41) is 3.05. The smallest absolute Gasteiger partial charge is 0.251 e. The maximum Gasteiger partial charge on any atom is 0.251 e. The van der Waals surface area contributed by atoms with E-state index in [0.29, 0.717) is 12.1 Å². The van der Waals surface area contributed by atoms with E-state index in [-0.39, 0.29) is 84.1 Å². The lowest BCUT2D eigenvalue weighted by molar-refractivity contribution is -0.139. The summed E-state index contributed by atoms with van der Waals surface area (Å²) in [4.78, 5) is 46.0. The van der Waals surface area contributed by atoms with Gasteiger partial charge < -0.3 is 29.5 Å². The zero-order valence-electron chi connectivity index (χ0n) is 22.9. The van der Waals surface area contributed by atoms with E-state index in [1.807, 2.05) is 24.3 Å². The number of amides is 2. The van der Waals surface area contributed by atoms with Crippen molar-refractivity contribution in [2.24, 2.45) is 5.92 Å². The minimum atomic E-state index is -0.661. The van der Waals surface area contributed by atoms with Crippen molar-refractivity contribution in [1.29, 1.82) is 0 Å². The molecular formula is C28H48N4O5S3. The predicted octanol–water partition coefficient (Wildman–Crippen LogP) is 2.29. The van der Waals surface area contributed by atoms with Crippen LogP contribution in [0.3, 0.4) is 0 Å². The fraction of sp³-hybridized carbons (Fsp3) is 0.679. The van der Waals surface area contributed by atoms with Crippen LogP contribution >= 0.6 is 40.5 Å². The predicted molar refractivity (Wildman–Crippen MR) is 173 cm³/mol. The molecule has 0 unspecified atom stereocenters. The highest BCUT2D eigenvalue weighted by atomic mass is 32.1. The number of rotatable bonds is 7. The summed E-state index contributed by atoms with van der Waals surface area (Å²) in [6.07, 6.45) is 3.09. The number of likely N-dealkylation sites (tertiary alicyclic amines) is 1. The first-order valence-electron chi connectivity index (χ1n) is 13.4. The van der Waals surface area contributed by atoms with Gasteiger partial charge in [-0.15, -0.1) is 0 Å². The first-order valence-corrected chi connectivity index (χ1v) is 13.4. The Labute approximate surface area is 260 Å². The lowest BCUT2D eigenvalue weighted by Crippen LogP contribution is -2.54. The number of likely N-dealkylation sites (N-methyl/N-ethyl adjacent to an activating group) is 1. The van der Waals surface area contributed by atoms with Gasteiger partial charge in [0.25, 0.3) is 5.91 Å². The molecule has 0 aromatic heterocycles. The second-order valence-electron chi connectivity index (χ2n) is 10.4. The van der Waals surface area contributed by atoms with Crippen molar-refractivity contribution in [2.75, 3.05) is 57.9 Å². The number of carbonyl (C=O) groups is 3. The lowest BCUT2D eigenvalue weighted by Gasteiger charge is -2.35. The van der Waals surface area contributed by atoms with Gasteiger partial charge in [0.2, 0.25) is 5.91 Å². The molecule has 3 heterocycles. The first kappa shape index (κ1) is 36.6. The third-order valence-electron chi connectivity index (χ3n) is 8.46. The quantitative estimate of drug-likeness (QED) is 0.503. The largest absolute Gasteiger partial charge is 0.377 e. The van der Waals surface area contributed by atoms with Crippen molar-refractivity contribution in [1.82, 2.24) is 15.1 Å². The zero-order chi connectivity index (χ0) is 25.2. The first-order chi connectivity index (χ1) is 17.5. The van der Waals surface area contributed by atoms with Crippen LogP contribution in [-0.2, 0) is 19.1 Å². The molecule has 9 nitrogen and oxygen atoms in total. The summed E-state index contributed by atoms with van der Waals surface area (Å²) >= 11 is 0. The fourth-order valence-corrected chi connectivity index (χ4v) is 6.27. The summed E-state index contributed by atoms with van der Waals surface area (Å²) in [7, 11) is 1.57. The summed E-state index contributed by atoms with van der Waals surface area (Å²) in [6, 6.07) is 6.38. The van der Waals surface area contributed by atoms with Gasteiger partial charge in [-0.05, 0) is 49.6 Å². The van der Waals surface area contributed by atoms with Crippen molar-refractivity contribution < 1.29 is 23.9 Å². The molecule has 3 saturated heterocycles. The Kier molecular flexibility index (Phi) is 14.9. The molecular weight excluding hydrogens is 569 g/mol. The number of ketones is 1. The molecule has 1 aliphatic carbocycles. The second kappa shape index (κ2) is 16.3. The number of benzene rings is 1. The number of ether oxygens (including phenoxy) is 2. The van der Waals surface area contributed by atoms with Crippen molar-refractivity contribution in [3.63, 3.8) is 0 Å². The highest BCUT2D eigenvalue weighted by molar-refractivity contribution is 7.59. The van der Waals surface area contributed by atoms with Crippen LogP contribution in [0.2, 0.25) is 0 Å². The SMILES string of the molecule is C.CCN1CCN(c2ccc(C(=O)N[C@H](C(=O)N3C[C@@H](OC)[C@H]4OCC(=O)[C@H]43)C3CCCC3)cc2)CC1.S.S.S. The Morgan fingerprint density at radius 2 is 1.68 bits per heavy atom. The number of Topliss-reactive ketones (excluding diaryl/α,β-unsaturated/α-hetero) is 1. The molecule has 4 aliphatic rings. The van der Waals surface area contributed by atoms with Gasteiger partial charge in [-0.1, -0.05) is 27.2 Å². The number of hydrogen-bond donors (Lipinski definition) is 1.